The monoisotopic (exact) mass is 221 g/mol. The molecule has 4 heteroatoms. The Labute approximate surface area is 96.7 Å². The van der Waals surface area contributed by atoms with E-state index in [9.17, 15) is 4.79 Å². The largest absolute Gasteiger partial charge is 0.356 e. The number of amides is 1. The molecule has 0 bridgehead atoms. The molecular weight excluding hydrogens is 202 g/mol. The van der Waals surface area contributed by atoms with Crippen LogP contribution in [0.25, 0.3) is 0 Å². The second-order valence-electron chi connectivity index (χ2n) is 3.94. The Bertz CT molecular complexity index is 313. The lowest BCUT2D eigenvalue weighted by Crippen LogP contribution is -2.26. The van der Waals surface area contributed by atoms with Crippen molar-refractivity contribution in [2.45, 2.75) is 19.9 Å². The highest BCUT2D eigenvalue weighted by molar-refractivity contribution is 5.72. The lowest BCUT2D eigenvalue weighted by atomic mass is 10.2. The van der Waals surface area contributed by atoms with Gasteiger partial charge in [0.25, 0.3) is 0 Å². The van der Waals surface area contributed by atoms with E-state index in [-0.39, 0.29) is 5.91 Å². The first-order chi connectivity index (χ1) is 7.68. The maximum absolute atomic E-state index is 10.6. The minimum Gasteiger partial charge on any atom is -0.356 e. The first-order valence-corrected chi connectivity index (χ1v) is 5.50. The van der Waals surface area contributed by atoms with Crippen molar-refractivity contribution in [3.8, 4) is 0 Å². The summed E-state index contributed by atoms with van der Waals surface area (Å²) in [6, 6.07) is 4.01. The van der Waals surface area contributed by atoms with Crippen molar-refractivity contribution in [2.75, 3.05) is 20.1 Å². The summed E-state index contributed by atoms with van der Waals surface area (Å²) in [6.07, 6.45) is 4.63. The number of nitrogens with one attached hydrogen (secondary N) is 1. The van der Waals surface area contributed by atoms with E-state index in [1.54, 1.807) is 13.1 Å². The van der Waals surface area contributed by atoms with Gasteiger partial charge in [-0.1, -0.05) is 6.07 Å². The van der Waals surface area contributed by atoms with E-state index in [0.29, 0.717) is 0 Å². The van der Waals surface area contributed by atoms with Crippen LogP contribution in [0.5, 0.6) is 0 Å². The first-order valence-electron chi connectivity index (χ1n) is 5.50. The highest BCUT2D eigenvalue weighted by atomic mass is 16.1. The van der Waals surface area contributed by atoms with E-state index in [1.165, 1.54) is 5.56 Å². The normalized spacial score (nSPS) is 10.4. The smallest absolute Gasteiger partial charge is 0.216 e. The van der Waals surface area contributed by atoms with Crippen molar-refractivity contribution in [3.05, 3.63) is 30.1 Å². The third kappa shape index (κ3) is 5.46. The lowest BCUT2D eigenvalue weighted by Gasteiger charge is -2.16. The van der Waals surface area contributed by atoms with E-state index in [0.717, 1.165) is 26.1 Å². The van der Waals surface area contributed by atoms with Crippen LogP contribution in [0.4, 0.5) is 0 Å². The van der Waals surface area contributed by atoms with Gasteiger partial charge in [-0.15, -0.1) is 0 Å². The third-order valence-corrected chi connectivity index (χ3v) is 2.27. The topological polar surface area (TPSA) is 45.2 Å². The Morgan fingerprint density at radius 1 is 1.56 bits per heavy atom. The van der Waals surface area contributed by atoms with Crippen LogP contribution in [-0.4, -0.2) is 35.9 Å². The molecule has 4 nitrogen and oxygen atoms in total. The zero-order valence-electron chi connectivity index (χ0n) is 9.94. The van der Waals surface area contributed by atoms with E-state index in [4.69, 9.17) is 0 Å². The van der Waals surface area contributed by atoms with Crippen LogP contribution in [0.3, 0.4) is 0 Å². The van der Waals surface area contributed by atoms with Gasteiger partial charge in [0, 0.05) is 32.4 Å². The Morgan fingerprint density at radius 3 is 3.00 bits per heavy atom. The van der Waals surface area contributed by atoms with Gasteiger partial charge in [-0.2, -0.15) is 0 Å². The molecule has 0 fully saturated rings. The fourth-order valence-electron chi connectivity index (χ4n) is 1.50. The van der Waals surface area contributed by atoms with Crippen LogP contribution >= 0.6 is 0 Å². The summed E-state index contributed by atoms with van der Waals surface area (Å²) >= 11 is 0. The Kier molecular flexibility index (Phi) is 5.50. The number of nitrogens with zero attached hydrogens (tertiary/aromatic N) is 2. The molecule has 16 heavy (non-hydrogen) atoms. The molecule has 1 rings (SSSR count). The molecule has 1 aromatic heterocycles. The maximum Gasteiger partial charge on any atom is 0.216 e. The fraction of sp³-hybridized carbons (Fsp3) is 0.500. The molecule has 0 saturated carbocycles. The van der Waals surface area contributed by atoms with Crippen LogP contribution < -0.4 is 5.32 Å². The van der Waals surface area contributed by atoms with Gasteiger partial charge in [-0.3, -0.25) is 9.78 Å². The molecule has 0 aliphatic rings. The molecule has 88 valence electrons. The van der Waals surface area contributed by atoms with Crippen molar-refractivity contribution >= 4 is 5.91 Å². The molecule has 1 amide bonds. The summed E-state index contributed by atoms with van der Waals surface area (Å²) in [5, 5.41) is 2.79. The molecule has 1 heterocycles. The van der Waals surface area contributed by atoms with Gasteiger partial charge in [0.2, 0.25) is 5.91 Å². The van der Waals surface area contributed by atoms with E-state index in [2.05, 4.69) is 28.3 Å². The molecule has 0 atom stereocenters. The molecule has 0 unspecified atom stereocenters. The quantitative estimate of drug-likeness (QED) is 0.730. The van der Waals surface area contributed by atoms with E-state index in [1.807, 2.05) is 12.3 Å². The van der Waals surface area contributed by atoms with Crippen LogP contribution in [0.2, 0.25) is 0 Å². The number of carbonyl (C=O) groups is 1. The lowest BCUT2D eigenvalue weighted by molar-refractivity contribution is -0.118. The second-order valence-corrected chi connectivity index (χ2v) is 3.94. The Morgan fingerprint density at radius 2 is 2.38 bits per heavy atom. The Balaban J connectivity index is 2.16. The number of aromatic nitrogens is 1. The molecule has 0 aliphatic heterocycles. The molecule has 0 aliphatic carbocycles. The molecule has 0 spiro atoms. The van der Waals surface area contributed by atoms with Crippen LogP contribution in [-0.2, 0) is 11.3 Å². The standard InChI is InChI=1S/C12H19N3O/c1-11(16)14-7-4-8-15(2)10-12-5-3-6-13-9-12/h3,5-6,9H,4,7-8,10H2,1-2H3,(H,14,16). The second kappa shape index (κ2) is 6.95. The third-order valence-electron chi connectivity index (χ3n) is 2.27. The van der Waals surface area contributed by atoms with E-state index >= 15 is 0 Å². The number of hydrogen-bond acceptors (Lipinski definition) is 3. The van der Waals surface area contributed by atoms with Crippen molar-refractivity contribution in [1.29, 1.82) is 0 Å². The number of pyridine rings is 1. The van der Waals surface area contributed by atoms with Gasteiger partial charge >= 0.3 is 0 Å². The highest BCUT2D eigenvalue weighted by Gasteiger charge is 2.00. The molecule has 1 N–H and O–H groups in total. The van der Waals surface area contributed by atoms with Crippen LogP contribution in [0.1, 0.15) is 18.9 Å². The zero-order chi connectivity index (χ0) is 11.8. The SMILES string of the molecule is CC(=O)NCCCN(C)Cc1cccnc1. The van der Waals surface area contributed by atoms with Crippen molar-refractivity contribution in [1.82, 2.24) is 15.2 Å². The summed E-state index contributed by atoms with van der Waals surface area (Å²) in [4.78, 5) is 16.9. The van der Waals surface area contributed by atoms with Gasteiger partial charge in [0.05, 0.1) is 0 Å². The van der Waals surface area contributed by atoms with Crippen LogP contribution in [0.15, 0.2) is 24.5 Å². The van der Waals surface area contributed by atoms with Crippen LogP contribution in [0, 0.1) is 0 Å². The van der Waals surface area contributed by atoms with Gasteiger partial charge in [0.1, 0.15) is 0 Å². The molecule has 0 saturated heterocycles. The van der Waals surface area contributed by atoms with E-state index < -0.39 is 0 Å². The number of hydrogen-bond donors (Lipinski definition) is 1. The average molecular weight is 221 g/mol. The van der Waals surface area contributed by atoms with Gasteiger partial charge in [-0.25, -0.2) is 0 Å². The summed E-state index contributed by atoms with van der Waals surface area (Å²) in [7, 11) is 2.07. The fourth-order valence-corrected chi connectivity index (χ4v) is 1.50. The van der Waals surface area contributed by atoms with Crippen molar-refractivity contribution in [3.63, 3.8) is 0 Å². The summed E-state index contributed by atoms with van der Waals surface area (Å²) < 4.78 is 0. The predicted molar refractivity (Wildman–Crippen MR) is 63.9 cm³/mol. The minimum absolute atomic E-state index is 0.0370. The van der Waals surface area contributed by atoms with Crippen molar-refractivity contribution in [2.24, 2.45) is 0 Å². The summed E-state index contributed by atoms with van der Waals surface area (Å²) in [6.45, 7) is 4.15. The summed E-state index contributed by atoms with van der Waals surface area (Å²) in [5.74, 6) is 0.0370. The number of rotatable bonds is 6. The summed E-state index contributed by atoms with van der Waals surface area (Å²) in [5.41, 5.74) is 1.21. The average Bonchev–Trinajstić information content (AvgIpc) is 2.25. The van der Waals surface area contributed by atoms with Gasteiger partial charge in [0.15, 0.2) is 0 Å². The Hall–Kier alpha value is -1.42. The first kappa shape index (κ1) is 12.6. The highest BCUT2D eigenvalue weighted by Crippen LogP contribution is 2.00. The molecular formula is C12H19N3O. The predicted octanol–water partition coefficient (Wildman–Crippen LogP) is 1.04. The van der Waals surface area contributed by atoms with Crippen molar-refractivity contribution < 1.29 is 4.79 Å². The molecule has 0 radical (unpaired) electrons. The maximum atomic E-state index is 10.6. The van der Waals surface area contributed by atoms with Gasteiger partial charge in [-0.05, 0) is 31.6 Å². The number of carbonyl (C=O) groups excluding carboxylic acids is 1. The molecule has 0 aromatic carbocycles. The zero-order valence-corrected chi connectivity index (χ0v) is 9.94. The van der Waals surface area contributed by atoms with Gasteiger partial charge < -0.3 is 10.2 Å². The molecule has 1 aromatic rings. The minimum atomic E-state index is 0.0370.